The average Bonchev–Trinajstić information content (AvgIpc) is 2.83. The van der Waals surface area contributed by atoms with E-state index >= 15 is 0 Å². The third-order valence-corrected chi connectivity index (χ3v) is 4.70. The fourth-order valence-electron chi connectivity index (χ4n) is 2.31. The molecule has 0 radical (unpaired) electrons. The van der Waals surface area contributed by atoms with Crippen LogP contribution in [0.3, 0.4) is 0 Å². The molecular weight excluding hydrogens is 282 g/mol. The van der Waals surface area contributed by atoms with Crippen LogP contribution in [0, 0.1) is 5.41 Å². The van der Waals surface area contributed by atoms with Gasteiger partial charge in [0.25, 0.3) is 0 Å². The number of hydrogen-bond donors (Lipinski definition) is 2. The highest BCUT2D eigenvalue weighted by Gasteiger charge is 2.38. The molecular formula is C12H19N3O4S. The smallest absolute Gasteiger partial charge is 0.239 e. The summed E-state index contributed by atoms with van der Waals surface area (Å²) in [6.45, 7) is 1.19. The SMILES string of the molecule is NC(=O)C1(CNC(=O)CN2CSCC2=O)CCOCC1. The normalized spacial score (nSPS) is 21.8. The van der Waals surface area contributed by atoms with E-state index in [0.29, 0.717) is 37.7 Å². The van der Waals surface area contributed by atoms with Gasteiger partial charge in [-0.1, -0.05) is 0 Å². The van der Waals surface area contributed by atoms with Crippen molar-refractivity contribution in [3.63, 3.8) is 0 Å². The maximum Gasteiger partial charge on any atom is 0.239 e. The second-order valence-corrected chi connectivity index (χ2v) is 6.06. The lowest BCUT2D eigenvalue weighted by Crippen LogP contribution is -2.51. The lowest BCUT2D eigenvalue weighted by atomic mass is 9.79. The highest BCUT2D eigenvalue weighted by Crippen LogP contribution is 2.29. The number of nitrogens with zero attached hydrogens (tertiary/aromatic N) is 1. The molecule has 0 unspecified atom stereocenters. The summed E-state index contributed by atoms with van der Waals surface area (Å²) in [4.78, 5) is 36.4. The van der Waals surface area contributed by atoms with Gasteiger partial charge >= 0.3 is 0 Å². The van der Waals surface area contributed by atoms with Crippen LogP contribution >= 0.6 is 11.8 Å². The minimum absolute atomic E-state index is 0.0270. The van der Waals surface area contributed by atoms with E-state index in [1.54, 1.807) is 0 Å². The minimum atomic E-state index is -0.725. The summed E-state index contributed by atoms with van der Waals surface area (Å²) < 4.78 is 5.23. The predicted octanol–water partition coefficient (Wildman–Crippen LogP) is -1.08. The van der Waals surface area contributed by atoms with Gasteiger partial charge in [-0.15, -0.1) is 11.8 Å². The Morgan fingerprint density at radius 1 is 1.40 bits per heavy atom. The number of carbonyl (C=O) groups excluding carboxylic acids is 3. The molecule has 0 aromatic carbocycles. The highest BCUT2D eigenvalue weighted by atomic mass is 32.2. The van der Waals surface area contributed by atoms with Crippen LogP contribution in [0.25, 0.3) is 0 Å². The molecule has 2 saturated heterocycles. The highest BCUT2D eigenvalue weighted by molar-refractivity contribution is 8.00. The summed E-state index contributed by atoms with van der Waals surface area (Å²) in [7, 11) is 0. The van der Waals surface area contributed by atoms with Gasteiger partial charge in [0.15, 0.2) is 0 Å². The molecule has 112 valence electrons. The number of amides is 3. The quantitative estimate of drug-likeness (QED) is 0.672. The first-order valence-corrected chi connectivity index (χ1v) is 7.69. The van der Waals surface area contributed by atoms with Crippen molar-refractivity contribution in [1.82, 2.24) is 10.2 Å². The van der Waals surface area contributed by atoms with Gasteiger partial charge in [-0.05, 0) is 12.8 Å². The molecule has 0 aromatic rings. The van der Waals surface area contributed by atoms with Crippen LogP contribution in [0.5, 0.6) is 0 Å². The van der Waals surface area contributed by atoms with Gasteiger partial charge in [0, 0.05) is 19.8 Å². The van der Waals surface area contributed by atoms with E-state index in [9.17, 15) is 14.4 Å². The third kappa shape index (κ3) is 3.43. The number of hydrogen-bond acceptors (Lipinski definition) is 5. The van der Waals surface area contributed by atoms with Crippen LogP contribution in [0.1, 0.15) is 12.8 Å². The molecule has 0 spiro atoms. The van der Waals surface area contributed by atoms with Gasteiger partial charge < -0.3 is 20.7 Å². The van der Waals surface area contributed by atoms with E-state index in [2.05, 4.69) is 5.32 Å². The van der Waals surface area contributed by atoms with Crippen molar-refractivity contribution in [1.29, 1.82) is 0 Å². The number of thioether (sulfide) groups is 1. The van der Waals surface area contributed by atoms with E-state index in [-0.39, 0.29) is 24.9 Å². The van der Waals surface area contributed by atoms with E-state index in [0.717, 1.165) is 0 Å². The fraction of sp³-hybridized carbons (Fsp3) is 0.750. The van der Waals surface area contributed by atoms with E-state index in [1.807, 2.05) is 0 Å². The molecule has 0 atom stereocenters. The second kappa shape index (κ2) is 6.45. The standard InChI is InChI=1S/C12H19N3O4S/c13-11(18)12(1-3-19-4-2-12)7-14-9(16)5-15-8-20-6-10(15)17/h1-8H2,(H2,13,18)(H,14,16). The Labute approximate surface area is 121 Å². The summed E-state index contributed by atoms with van der Waals surface area (Å²) >= 11 is 1.49. The summed E-state index contributed by atoms with van der Waals surface area (Å²) in [6.07, 6.45) is 1.03. The van der Waals surface area contributed by atoms with Crippen LogP contribution in [-0.4, -0.2) is 60.6 Å². The molecule has 2 aliphatic heterocycles. The van der Waals surface area contributed by atoms with Crippen molar-refractivity contribution in [2.75, 3.05) is 37.9 Å². The van der Waals surface area contributed by atoms with Crippen LogP contribution in [0.15, 0.2) is 0 Å². The Kier molecular flexibility index (Phi) is 4.87. The van der Waals surface area contributed by atoms with Crippen molar-refractivity contribution >= 4 is 29.5 Å². The topological polar surface area (TPSA) is 102 Å². The summed E-state index contributed by atoms with van der Waals surface area (Å²) in [6, 6.07) is 0. The Hall–Kier alpha value is -1.28. The number of nitrogens with one attached hydrogen (secondary N) is 1. The first-order valence-electron chi connectivity index (χ1n) is 6.53. The zero-order valence-corrected chi connectivity index (χ0v) is 12.0. The van der Waals surface area contributed by atoms with Gasteiger partial charge in [-0.2, -0.15) is 0 Å². The van der Waals surface area contributed by atoms with Crippen molar-refractivity contribution in [3.8, 4) is 0 Å². The summed E-state index contributed by atoms with van der Waals surface area (Å²) in [5, 5.41) is 2.72. The van der Waals surface area contributed by atoms with Gasteiger partial charge in [0.05, 0.1) is 17.0 Å². The van der Waals surface area contributed by atoms with E-state index in [4.69, 9.17) is 10.5 Å². The van der Waals surface area contributed by atoms with E-state index < -0.39 is 11.3 Å². The number of primary amides is 1. The van der Waals surface area contributed by atoms with Gasteiger partial charge in [0.2, 0.25) is 17.7 Å². The first kappa shape index (κ1) is 15.1. The Bertz CT molecular complexity index is 410. The first-order chi connectivity index (χ1) is 9.53. The molecule has 20 heavy (non-hydrogen) atoms. The molecule has 0 saturated carbocycles. The molecule has 8 heteroatoms. The fourth-order valence-corrected chi connectivity index (χ4v) is 3.21. The van der Waals surface area contributed by atoms with Crippen LogP contribution < -0.4 is 11.1 Å². The second-order valence-electron chi connectivity index (χ2n) is 5.10. The Morgan fingerprint density at radius 2 is 2.10 bits per heavy atom. The molecule has 3 amide bonds. The number of ether oxygens (including phenoxy) is 1. The van der Waals surface area contributed by atoms with Crippen molar-refractivity contribution in [2.45, 2.75) is 12.8 Å². The molecule has 0 bridgehead atoms. The molecule has 2 aliphatic rings. The molecule has 2 rings (SSSR count). The molecule has 3 N–H and O–H groups in total. The lowest BCUT2D eigenvalue weighted by molar-refractivity contribution is -0.136. The molecule has 0 aromatic heterocycles. The van der Waals surface area contributed by atoms with Gasteiger partial charge in [-0.25, -0.2) is 0 Å². The summed E-state index contributed by atoms with van der Waals surface area (Å²) in [5.74, 6) is 0.277. The average molecular weight is 301 g/mol. The zero-order chi connectivity index (χ0) is 14.6. The van der Waals surface area contributed by atoms with Crippen molar-refractivity contribution in [2.24, 2.45) is 11.1 Å². The molecule has 2 fully saturated rings. The zero-order valence-electron chi connectivity index (χ0n) is 11.2. The largest absolute Gasteiger partial charge is 0.381 e. The molecule has 2 heterocycles. The van der Waals surface area contributed by atoms with Crippen molar-refractivity contribution in [3.05, 3.63) is 0 Å². The van der Waals surface area contributed by atoms with E-state index in [1.165, 1.54) is 16.7 Å². The Balaban J connectivity index is 1.84. The molecule has 0 aliphatic carbocycles. The maximum atomic E-state index is 11.9. The number of rotatable bonds is 5. The predicted molar refractivity (Wildman–Crippen MR) is 73.7 cm³/mol. The van der Waals surface area contributed by atoms with Gasteiger partial charge in [-0.3, -0.25) is 14.4 Å². The Morgan fingerprint density at radius 3 is 2.65 bits per heavy atom. The van der Waals surface area contributed by atoms with Crippen LogP contribution in [0.4, 0.5) is 0 Å². The third-order valence-electron chi connectivity index (χ3n) is 3.76. The molecule has 7 nitrogen and oxygen atoms in total. The summed E-state index contributed by atoms with van der Waals surface area (Å²) in [5.41, 5.74) is 4.74. The maximum absolute atomic E-state index is 11.9. The monoisotopic (exact) mass is 301 g/mol. The minimum Gasteiger partial charge on any atom is -0.381 e. The number of nitrogens with two attached hydrogens (primary N) is 1. The lowest BCUT2D eigenvalue weighted by Gasteiger charge is -2.34. The van der Waals surface area contributed by atoms with Crippen LogP contribution in [0.2, 0.25) is 0 Å². The van der Waals surface area contributed by atoms with Crippen molar-refractivity contribution < 1.29 is 19.1 Å². The number of carbonyl (C=O) groups is 3. The van der Waals surface area contributed by atoms with Gasteiger partial charge in [0.1, 0.15) is 6.54 Å². The van der Waals surface area contributed by atoms with Crippen LogP contribution in [-0.2, 0) is 19.1 Å².